The van der Waals surface area contributed by atoms with Crippen molar-refractivity contribution in [3.8, 4) is 11.5 Å². The summed E-state index contributed by atoms with van der Waals surface area (Å²) in [7, 11) is -0.534. The van der Waals surface area contributed by atoms with Crippen molar-refractivity contribution in [2.45, 2.75) is 58.2 Å². The van der Waals surface area contributed by atoms with Gasteiger partial charge in [0.2, 0.25) is 21.8 Å². The minimum absolute atomic E-state index is 0.0435. The largest absolute Gasteiger partial charge is 0.497 e. The van der Waals surface area contributed by atoms with Gasteiger partial charge in [-0.05, 0) is 55.2 Å². The van der Waals surface area contributed by atoms with Gasteiger partial charge in [-0.25, -0.2) is 8.42 Å². The highest BCUT2D eigenvalue weighted by Gasteiger charge is 2.31. The van der Waals surface area contributed by atoms with Crippen LogP contribution in [0.15, 0.2) is 78.9 Å². The molecule has 0 unspecified atom stereocenters. The fourth-order valence-corrected chi connectivity index (χ4v) is 5.69. The number of sulfonamides is 1. The SMILES string of the molecule is CC[C@@H](C)NC(=O)[C@@H](Cc1ccccc1)N(Cc1cccc(OC)c1)C(=O)CCCN(c1cccc(OC)c1)S(C)(=O)=O. The number of anilines is 1. The molecule has 3 rings (SSSR count). The van der Waals surface area contributed by atoms with E-state index in [1.807, 2.05) is 68.4 Å². The van der Waals surface area contributed by atoms with Gasteiger partial charge in [-0.1, -0.05) is 55.5 Å². The van der Waals surface area contributed by atoms with E-state index in [9.17, 15) is 18.0 Å². The Labute approximate surface area is 255 Å². The van der Waals surface area contributed by atoms with Crippen LogP contribution < -0.4 is 19.1 Å². The first kappa shape index (κ1) is 33.5. The maximum Gasteiger partial charge on any atom is 0.243 e. The number of methoxy groups -OCH3 is 2. The Hall–Kier alpha value is -4.05. The van der Waals surface area contributed by atoms with E-state index in [1.165, 1.54) is 11.4 Å². The Balaban J connectivity index is 1.91. The van der Waals surface area contributed by atoms with Crippen LogP contribution in [0.25, 0.3) is 0 Å². The van der Waals surface area contributed by atoms with Gasteiger partial charge in [-0.2, -0.15) is 0 Å². The molecule has 3 aromatic rings. The number of nitrogens with zero attached hydrogens (tertiary/aromatic N) is 2. The molecule has 0 saturated heterocycles. The summed E-state index contributed by atoms with van der Waals surface area (Å²) in [5, 5.41) is 3.06. The van der Waals surface area contributed by atoms with Gasteiger partial charge in [-0.15, -0.1) is 0 Å². The number of hydrogen-bond donors (Lipinski definition) is 1. The summed E-state index contributed by atoms with van der Waals surface area (Å²) in [5.74, 6) is 0.698. The minimum Gasteiger partial charge on any atom is -0.497 e. The van der Waals surface area contributed by atoms with Gasteiger partial charge in [0.05, 0.1) is 26.2 Å². The van der Waals surface area contributed by atoms with Crippen LogP contribution in [0.2, 0.25) is 0 Å². The van der Waals surface area contributed by atoms with Gasteiger partial charge < -0.3 is 19.7 Å². The second kappa shape index (κ2) is 16.0. The second-order valence-corrected chi connectivity index (χ2v) is 12.4. The maximum absolute atomic E-state index is 14.0. The lowest BCUT2D eigenvalue weighted by atomic mass is 10.0. The van der Waals surface area contributed by atoms with Gasteiger partial charge in [-0.3, -0.25) is 13.9 Å². The van der Waals surface area contributed by atoms with E-state index in [4.69, 9.17) is 9.47 Å². The molecule has 0 heterocycles. The molecule has 0 radical (unpaired) electrons. The second-order valence-electron chi connectivity index (χ2n) is 10.5. The van der Waals surface area contributed by atoms with E-state index in [0.717, 1.165) is 23.8 Å². The first-order valence-electron chi connectivity index (χ1n) is 14.4. The molecule has 10 heteroatoms. The van der Waals surface area contributed by atoms with Crippen LogP contribution in [0.1, 0.15) is 44.2 Å². The molecule has 2 amide bonds. The van der Waals surface area contributed by atoms with Crippen LogP contribution in [-0.2, 0) is 32.6 Å². The van der Waals surface area contributed by atoms with Crippen molar-refractivity contribution in [1.29, 1.82) is 0 Å². The first-order chi connectivity index (χ1) is 20.5. The molecule has 0 bridgehead atoms. The third kappa shape index (κ3) is 10.0. The summed E-state index contributed by atoms with van der Waals surface area (Å²) in [6.45, 7) is 4.20. The highest BCUT2D eigenvalue weighted by Crippen LogP contribution is 2.24. The Kier molecular flexibility index (Phi) is 12.4. The zero-order chi connectivity index (χ0) is 31.4. The number of rotatable bonds is 16. The van der Waals surface area contributed by atoms with Crippen LogP contribution in [0.3, 0.4) is 0 Å². The number of benzene rings is 3. The number of nitrogens with one attached hydrogen (secondary N) is 1. The first-order valence-corrected chi connectivity index (χ1v) is 16.3. The Bertz CT molecular complexity index is 1450. The maximum atomic E-state index is 14.0. The predicted octanol–water partition coefficient (Wildman–Crippen LogP) is 4.80. The van der Waals surface area contributed by atoms with E-state index in [0.29, 0.717) is 23.6 Å². The normalized spacial score (nSPS) is 12.6. The fourth-order valence-electron chi connectivity index (χ4n) is 4.73. The van der Waals surface area contributed by atoms with E-state index in [1.54, 1.807) is 36.3 Å². The number of carbonyl (C=O) groups excluding carboxylic acids is 2. The molecule has 0 aromatic heterocycles. The Morgan fingerprint density at radius 3 is 2.14 bits per heavy atom. The van der Waals surface area contributed by atoms with Crippen LogP contribution in [0.5, 0.6) is 11.5 Å². The van der Waals surface area contributed by atoms with Crippen molar-refractivity contribution in [2.24, 2.45) is 0 Å². The number of amides is 2. The fraction of sp³-hybridized carbons (Fsp3) is 0.394. The summed E-state index contributed by atoms with van der Waals surface area (Å²) < 4.78 is 37.3. The molecule has 0 fully saturated rings. The topological polar surface area (TPSA) is 105 Å². The van der Waals surface area contributed by atoms with Gasteiger partial charge in [0.15, 0.2) is 0 Å². The molecule has 2 atom stereocenters. The predicted molar refractivity (Wildman–Crippen MR) is 170 cm³/mol. The molecule has 0 aliphatic heterocycles. The Morgan fingerprint density at radius 2 is 1.51 bits per heavy atom. The third-order valence-electron chi connectivity index (χ3n) is 7.25. The summed E-state index contributed by atoms with van der Waals surface area (Å²) in [4.78, 5) is 29.3. The van der Waals surface area contributed by atoms with E-state index in [2.05, 4.69) is 5.32 Å². The van der Waals surface area contributed by atoms with Crippen LogP contribution in [0.4, 0.5) is 5.69 Å². The van der Waals surface area contributed by atoms with E-state index < -0.39 is 16.1 Å². The van der Waals surface area contributed by atoms with Crippen LogP contribution in [-0.4, -0.2) is 64.2 Å². The molecular formula is C33H43N3O6S. The summed E-state index contributed by atoms with van der Waals surface area (Å²) >= 11 is 0. The standard InChI is InChI=1S/C33H43N3O6S/c1-6-25(2)34-33(38)31(22-26-13-8-7-9-14-26)35(24-27-15-10-17-29(21-27)41-3)32(37)19-12-20-36(43(5,39)40)28-16-11-18-30(23-28)42-4/h7-11,13-18,21,23,25,31H,6,12,19-20,22,24H2,1-5H3,(H,34,38)/t25-,31-/m1/s1. The zero-order valence-corrected chi connectivity index (χ0v) is 26.5. The number of hydrogen-bond acceptors (Lipinski definition) is 6. The summed E-state index contributed by atoms with van der Waals surface area (Å²) in [5.41, 5.74) is 2.20. The molecule has 3 aromatic carbocycles. The Morgan fingerprint density at radius 1 is 0.884 bits per heavy atom. The quantitative estimate of drug-likeness (QED) is 0.250. The summed E-state index contributed by atoms with van der Waals surface area (Å²) in [6, 6.07) is 23.0. The van der Waals surface area contributed by atoms with Crippen molar-refractivity contribution in [3.63, 3.8) is 0 Å². The molecule has 0 saturated carbocycles. The van der Waals surface area contributed by atoms with Crippen LogP contribution >= 0.6 is 0 Å². The average Bonchev–Trinajstić information content (AvgIpc) is 3.00. The molecule has 1 N–H and O–H groups in total. The molecule has 9 nitrogen and oxygen atoms in total. The van der Waals surface area contributed by atoms with Crippen molar-refractivity contribution >= 4 is 27.5 Å². The lowest BCUT2D eigenvalue weighted by molar-refractivity contribution is -0.141. The van der Waals surface area contributed by atoms with Crippen LogP contribution in [0, 0.1) is 0 Å². The molecule has 232 valence electrons. The van der Waals surface area contributed by atoms with Crippen molar-refractivity contribution < 1.29 is 27.5 Å². The van der Waals surface area contributed by atoms with Crippen molar-refractivity contribution in [3.05, 3.63) is 90.0 Å². The highest BCUT2D eigenvalue weighted by molar-refractivity contribution is 7.92. The zero-order valence-electron chi connectivity index (χ0n) is 25.7. The van der Waals surface area contributed by atoms with Gasteiger partial charge in [0.25, 0.3) is 0 Å². The van der Waals surface area contributed by atoms with Crippen molar-refractivity contribution in [2.75, 3.05) is 31.3 Å². The van der Waals surface area contributed by atoms with Gasteiger partial charge in [0, 0.05) is 38.0 Å². The van der Waals surface area contributed by atoms with Crippen molar-refractivity contribution in [1.82, 2.24) is 10.2 Å². The molecule has 0 aliphatic rings. The van der Waals surface area contributed by atoms with E-state index in [-0.39, 0.29) is 43.8 Å². The highest BCUT2D eigenvalue weighted by atomic mass is 32.2. The van der Waals surface area contributed by atoms with Gasteiger partial charge >= 0.3 is 0 Å². The van der Waals surface area contributed by atoms with E-state index >= 15 is 0 Å². The smallest absolute Gasteiger partial charge is 0.243 e. The lowest BCUT2D eigenvalue weighted by Crippen LogP contribution is -2.52. The third-order valence-corrected chi connectivity index (χ3v) is 8.45. The minimum atomic E-state index is -3.63. The summed E-state index contributed by atoms with van der Waals surface area (Å²) in [6.07, 6.45) is 2.51. The number of ether oxygens (including phenoxy) is 2. The average molecular weight is 610 g/mol. The molecule has 0 aliphatic carbocycles. The molecule has 43 heavy (non-hydrogen) atoms. The molecular weight excluding hydrogens is 566 g/mol. The molecule has 0 spiro atoms. The monoisotopic (exact) mass is 609 g/mol. The number of carbonyl (C=O) groups is 2. The lowest BCUT2D eigenvalue weighted by Gasteiger charge is -2.33. The van der Waals surface area contributed by atoms with Gasteiger partial charge in [0.1, 0.15) is 17.5 Å².